The summed E-state index contributed by atoms with van der Waals surface area (Å²) in [5, 5.41) is 23.6. The fourth-order valence-corrected chi connectivity index (χ4v) is 6.85. The first-order chi connectivity index (χ1) is 15.8. The quantitative estimate of drug-likeness (QED) is 0.590. The topological polar surface area (TPSA) is 105 Å². The van der Waals surface area contributed by atoms with E-state index < -0.39 is 11.8 Å². The van der Waals surface area contributed by atoms with Crippen LogP contribution in [0.2, 0.25) is 0 Å². The largest absolute Gasteiger partial charge is 0.508 e. The number of ether oxygens (including phenoxy) is 2. The number of amides is 2. The summed E-state index contributed by atoms with van der Waals surface area (Å²) in [7, 11) is 2.92. The van der Waals surface area contributed by atoms with Gasteiger partial charge in [-0.1, -0.05) is 0 Å². The second-order valence-electron chi connectivity index (χ2n) is 9.93. The predicted molar refractivity (Wildman–Crippen MR) is 121 cm³/mol. The number of benzene rings is 2. The number of phenolic OH excluding ortho intramolecular Hbond substituents is 2. The number of aromatic hydroxyl groups is 2. The van der Waals surface area contributed by atoms with E-state index >= 15 is 0 Å². The highest BCUT2D eigenvalue weighted by Crippen LogP contribution is 2.62. The molecule has 0 aliphatic heterocycles. The van der Waals surface area contributed by atoms with E-state index in [1.165, 1.54) is 45.6 Å². The van der Waals surface area contributed by atoms with Gasteiger partial charge in [0.15, 0.2) is 0 Å². The highest BCUT2D eigenvalue weighted by molar-refractivity contribution is 6.12. The van der Waals surface area contributed by atoms with Gasteiger partial charge in [0.25, 0.3) is 11.8 Å². The smallest absolute Gasteiger partial charge is 0.262 e. The predicted octanol–water partition coefficient (Wildman–Crippen LogP) is 4.15. The van der Waals surface area contributed by atoms with Gasteiger partial charge in [0.05, 0.1) is 25.3 Å². The van der Waals surface area contributed by atoms with Crippen molar-refractivity contribution in [1.29, 1.82) is 0 Å². The summed E-state index contributed by atoms with van der Waals surface area (Å²) in [6.45, 7) is 0. The Balaban J connectivity index is 1.45. The molecule has 0 radical (unpaired) electrons. The summed E-state index contributed by atoms with van der Waals surface area (Å²) in [5.74, 6) is 0.982. The number of carbonyl (C=O) groups excluding carboxylic acids is 2. The third-order valence-corrected chi connectivity index (χ3v) is 7.85. The lowest BCUT2D eigenvalue weighted by molar-refractivity contribution is -0.00616. The molecule has 4 fully saturated rings. The van der Waals surface area contributed by atoms with Crippen LogP contribution in [0.5, 0.6) is 23.0 Å². The number of methoxy groups -OCH3 is 2. The van der Waals surface area contributed by atoms with E-state index in [1.54, 1.807) is 18.2 Å². The molecule has 4 bridgehead atoms. The molecule has 6 rings (SSSR count). The minimum absolute atomic E-state index is 0.0197. The highest BCUT2D eigenvalue weighted by atomic mass is 16.5. The van der Waals surface area contributed by atoms with E-state index in [4.69, 9.17) is 9.47 Å². The van der Waals surface area contributed by atoms with Crippen LogP contribution in [0.15, 0.2) is 30.3 Å². The molecule has 0 spiro atoms. The van der Waals surface area contributed by atoms with Crippen LogP contribution in [0, 0.1) is 17.8 Å². The number of carbonyl (C=O) groups is 2. The molecule has 0 aromatic heterocycles. The third-order valence-electron chi connectivity index (χ3n) is 7.85. The molecule has 7 nitrogen and oxygen atoms in total. The van der Waals surface area contributed by atoms with Crippen molar-refractivity contribution < 1.29 is 29.3 Å². The van der Waals surface area contributed by atoms with Crippen LogP contribution < -0.4 is 14.8 Å². The van der Waals surface area contributed by atoms with Crippen molar-refractivity contribution in [2.45, 2.75) is 43.9 Å². The van der Waals surface area contributed by atoms with Crippen molar-refractivity contribution in [2.75, 3.05) is 14.2 Å². The molecule has 7 heteroatoms. The molecular weight excluding hydrogens is 422 g/mol. The lowest BCUT2D eigenvalue weighted by atomic mass is 9.48. The van der Waals surface area contributed by atoms with Crippen LogP contribution >= 0.6 is 0 Å². The van der Waals surface area contributed by atoms with E-state index in [-0.39, 0.29) is 28.0 Å². The van der Waals surface area contributed by atoms with Crippen LogP contribution in [-0.2, 0) is 5.41 Å². The van der Waals surface area contributed by atoms with Crippen LogP contribution in [0.3, 0.4) is 0 Å². The van der Waals surface area contributed by atoms with E-state index in [1.807, 2.05) is 0 Å². The van der Waals surface area contributed by atoms with E-state index in [9.17, 15) is 19.8 Å². The first-order valence-electron chi connectivity index (χ1n) is 11.5. The normalized spacial score (nSPS) is 27.3. The Morgan fingerprint density at radius 3 is 2.03 bits per heavy atom. The zero-order valence-corrected chi connectivity index (χ0v) is 18.9. The zero-order chi connectivity index (χ0) is 23.3. The van der Waals surface area contributed by atoms with Crippen molar-refractivity contribution in [3.05, 3.63) is 47.0 Å². The maximum absolute atomic E-state index is 13.0. The first kappa shape index (κ1) is 21.6. The molecule has 0 atom stereocenters. The molecule has 0 heterocycles. The van der Waals surface area contributed by atoms with Crippen molar-refractivity contribution >= 4 is 11.8 Å². The second-order valence-corrected chi connectivity index (χ2v) is 9.93. The molecule has 2 aromatic carbocycles. The van der Waals surface area contributed by atoms with Crippen molar-refractivity contribution in [2.24, 2.45) is 17.8 Å². The second kappa shape index (κ2) is 7.97. The average Bonchev–Trinajstić information content (AvgIpc) is 2.77. The molecular formula is C26H29NO6. The molecule has 2 amide bonds. The monoisotopic (exact) mass is 451 g/mol. The fourth-order valence-electron chi connectivity index (χ4n) is 6.85. The maximum Gasteiger partial charge on any atom is 0.262 e. The van der Waals surface area contributed by atoms with Crippen LogP contribution in [-0.4, -0.2) is 36.2 Å². The maximum atomic E-state index is 13.0. The van der Waals surface area contributed by atoms with Gasteiger partial charge in [-0.05, 0) is 86.0 Å². The van der Waals surface area contributed by atoms with Gasteiger partial charge >= 0.3 is 0 Å². The molecule has 33 heavy (non-hydrogen) atoms. The summed E-state index contributed by atoms with van der Waals surface area (Å²) in [6, 6.07) is 7.55. The molecule has 0 unspecified atom stereocenters. The number of nitrogens with one attached hydrogen (secondary N) is 1. The number of hydrogen-bond acceptors (Lipinski definition) is 6. The van der Waals surface area contributed by atoms with Gasteiger partial charge in [-0.15, -0.1) is 0 Å². The van der Waals surface area contributed by atoms with E-state index in [2.05, 4.69) is 5.32 Å². The number of phenols is 2. The number of imide groups is 1. The Hall–Kier alpha value is -3.22. The van der Waals surface area contributed by atoms with Gasteiger partial charge in [-0.2, -0.15) is 0 Å². The van der Waals surface area contributed by atoms with Crippen LogP contribution in [0.25, 0.3) is 0 Å². The van der Waals surface area contributed by atoms with E-state index in [0.29, 0.717) is 29.3 Å². The third kappa shape index (κ3) is 3.69. The van der Waals surface area contributed by atoms with Gasteiger partial charge in [0.2, 0.25) is 0 Å². The molecule has 4 saturated carbocycles. The molecule has 4 aliphatic carbocycles. The van der Waals surface area contributed by atoms with E-state index in [0.717, 1.165) is 24.8 Å². The Bertz CT molecular complexity index is 1090. The van der Waals surface area contributed by atoms with Gasteiger partial charge < -0.3 is 19.7 Å². The summed E-state index contributed by atoms with van der Waals surface area (Å²) >= 11 is 0. The Kier molecular flexibility index (Phi) is 5.22. The summed E-state index contributed by atoms with van der Waals surface area (Å²) < 4.78 is 10.4. The van der Waals surface area contributed by atoms with Crippen molar-refractivity contribution in [3.8, 4) is 23.0 Å². The van der Waals surface area contributed by atoms with Gasteiger partial charge in [0.1, 0.15) is 23.0 Å². The van der Waals surface area contributed by atoms with Crippen LogP contribution in [0.4, 0.5) is 0 Å². The fraction of sp³-hybridized carbons (Fsp3) is 0.462. The lowest BCUT2D eigenvalue weighted by Gasteiger charge is -2.57. The Morgan fingerprint density at radius 2 is 1.45 bits per heavy atom. The Labute approximate surface area is 192 Å². The highest BCUT2D eigenvalue weighted by Gasteiger charge is 2.52. The zero-order valence-electron chi connectivity index (χ0n) is 18.9. The van der Waals surface area contributed by atoms with Crippen molar-refractivity contribution in [3.63, 3.8) is 0 Å². The molecule has 4 aliphatic rings. The summed E-state index contributed by atoms with van der Waals surface area (Å²) in [4.78, 5) is 25.9. The average molecular weight is 452 g/mol. The van der Waals surface area contributed by atoms with Gasteiger partial charge in [0, 0.05) is 11.6 Å². The molecule has 0 saturated heterocycles. The minimum atomic E-state index is -0.728. The first-order valence-corrected chi connectivity index (χ1v) is 11.5. The minimum Gasteiger partial charge on any atom is -0.508 e. The van der Waals surface area contributed by atoms with Gasteiger partial charge in [-0.3, -0.25) is 14.9 Å². The Morgan fingerprint density at radius 1 is 0.848 bits per heavy atom. The molecule has 174 valence electrons. The SMILES string of the molecule is COc1ccc(OC)c(C(=O)NC(=O)c2cc(C34CC5CC(CC(C5)C3)C4)c(O)cc2O)c1. The molecule has 3 N–H and O–H groups in total. The number of rotatable bonds is 5. The summed E-state index contributed by atoms with van der Waals surface area (Å²) in [5.41, 5.74) is 0.677. The lowest BCUT2D eigenvalue weighted by Crippen LogP contribution is -2.48. The summed E-state index contributed by atoms with van der Waals surface area (Å²) in [6.07, 6.45) is 6.75. The standard InChI is InChI=1S/C26H29NO6/c1-32-17-3-4-23(33-2)19(8-17)25(31)27-24(30)18-9-20(22(29)10-21(18)28)26-11-14-5-15(12-26)7-16(6-14)13-26/h3-4,8-10,14-16,28-29H,5-7,11-13H2,1-2H3,(H,27,30,31). The molecule has 2 aromatic rings. The van der Waals surface area contributed by atoms with Gasteiger partial charge in [-0.25, -0.2) is 0 Å². The number of hydrogen-bond donors (Lipinski definition) is 3. The van der Waals surface area contributed by atoms with Crippen LogP contribution in [0.1, 0.15) is 64.8 Å². The van der Waals surface area contributed by atoms with Crippen molar-refractivity contribution in [1.82, 2.24) is 5.32 Å².